The summed E-state index contributed by atoms with van der Waals surface area (Å²) in [6.07, 6.45) is 2.80. The van der Waals surface area contributed by atoms with Crippen LogP contribution in [0.2, 0.25) is 5.02 Å². The first-order valence-electron chi connectivity index (χ1n) is 3.59. The van der Waals surface area contributed by atoms with Crippen LogP contribution in [0.15, 0.2) is 30.6 Å². The van der Waals surface area contributed by atoms with Gasteiger partial charge in [-0.15, -0.1) is 0 Å². The van der Waals surface area contributed by atoms with Crippen molar-refractivity contribution in [2.75, 3.05) is 0 Å². The standard InChI is InChI=1S/C8H5ClFN3/c9-6-5-12-13(8(6)10)7-3-1-2-4-11-7/h1-5H. The number of aromatic nitrogens is 3. The largest absolute Gasteiger partial charge is 0.237 e. The van der Waals surface area contributed by atoms with Gasteiger partial charge in [-0.2, -0.15) is 14.2 Å². The maximum absolute atomic E-state index is 13.2. The molecule has 0 unspecified atom stereocenters. The fourth-order valence-electron chi connectivity index (χ4n) is 0.952. The summed E-state index contributed by atoms with van der Waals surface area (Å²) < 4.78 is 14.2. The molecule has 0 radical (unpaired) electrons. The van der Waals surface area contributed by atoms with E-state index in [0.717, 1.165) is 4.68 Å². The van der Waals surface area contributed by atoms with Gasteiger partial charge in [-0.3, -0.25) is 0 Å². The van der Waals surface area contributed by atoms with Gasteiger partial charge in [0.15, 0.2) is 5.82 Å². The normalized spacial score (nSPS) is 10.3. The summed E-state index contributed by atoms with van der Waals surface area (Å²) in [5, 5.41) is 3.72. The van der Waals surface area contributed by atoms with E-state index in [4.69, 9.17) is 11.6 Å². The predicted molar refractivity (Wildman–Crippen MR) is 46.3 cm³/mol. The van der Waals surface area contributed by atoms with Crippen molar-refractivity contribution in [2.45, 2.75) is 0 Å². The summed E-state index contributed by atoms with van der Waals surface area (Å²) >= 11 is 5.49. The molecule has 13 heavy (non-hydrogen) atoms. The lowest BCUT2D eigenvalue weighted by molar-refractivity contribution is 0.532. The van der Waals surface area contributed by atoms with Gasteiger partial charge < -0.3 is 0 Å². The predicted octanol–water partition coefficient (Wildman–Crippen LogP) is 2.06. The highest BCUT2D eigenvalue weighted by Crippen LogP contribution is 2.15. The van der Waals surface area contributed by atoms with E-state index in [9.17, 15) is 4.39 Å². The van der Waals surface area contributed by atoms with Gasteiger partial charge in [0.25, 0.3) is 0 Å². The Bertz CT molecular complexity index is 413. The number of hydrogen-bond donors (Lipinski definition) is 0. The van der Waals surface area contributed by atoms with Gasteiger partial charge in [0.1, 0.15) is 5.02 Å². The highest BCUT2D eigenvalue weighted by atomic mass is 35.5. The van der Waals surface area contributed by atoms with E-state index in [1.807, 2.05) is 0 Å². The molecule has 0 aliphatic carbocycles. The number of nitrogens with zero attached hydrogens (tertiary/aromatic N) is 3. The Labute approximate surface area is 78.8 Å². The number of halogens is 2. The molecular formula is C8H5ClFN3. The van der Waals surface area contributed by atoms with Crippen molar-refractivity contribution in [3.8, 4) is 5.82 Å². The maximum Gasteiger partial charge on any atom is 0.236 e. The Morgan fingerprint density at radius 1 is 1.38 bits per heavy atom. The van der Waals surface area contributed by atoms with Crippen LogP contribution in [0.5, 0.6) is 0 Å². The minimum atomic E-state index is -0.597. The SMILES string of the molecule is Fc1c(Cl)cnn1-c1ccccn1. The molecule has 0 aliphatic rings. The Morgan fingerprint density at radius 3 is 2.77 bits per heavy atom. The first-order valence-corrected chi connectivity index (χ1v) is 3.97. The minimum absolute atomic E-state index is 0.00865. The van der Waals surface area contributed by atoms with Gasteiger partial charge >= 0.3 is 0 Å². The van der Waals surface area contributed by atoms with Crippen molar-refractivity contribution in [3.05, 3.63) is 41.6 Å². The third-order valence-electron chi connectivity index (χ3n) is 1.54. The van der Waals surface area contributed by atoms with Crippen LogP contribution in [0.4, 0.5) is 4.39 Å². The number of hydrogen-bond acceptors (Lipinski definition) is 2. The summed E-state index contributed by atoms with van der Waals surface area (Å²) in [6, 6.07) is 5.14. The van der Waals surface area contributed by atoms with Gasteiger partial charge in [0.2, 0.25) is 5.95 Å². The van der Waals surface area contributed by atoms with Crippen molar-refractivity contribution in [3.63, 3.8) is 0 Å². The molecule has 66 valence electrons. The third kappa shape index (κ3) is 1.40. The second-order valence-electron chi connectivity index (χ2n) is 2.38. The van der Waals surface area contributed by atoms with E-state index in [-0.39, 0.29) is 5.02 Å². The van der Waals surface area contributed by atoms with E-state index in [0.29, 0.717) is 5.82 Å². The number of pyridine rings is 1. The molecule has 2 rings (SSSR count). The van der Waals surface area contributed by atoms with E-state index in [1.54, 1.807) is 24.4 Å². The van der Waals surface area contributed by atoms with Crippen LogP contribution in [0.1, 0.15) is 0 Å². The van der Waals surface area contributed by atoms with Crippen molar-refractivity contribution in [1.82, 2.24) is 14.8 Å². The van der Waals surface area contributed by atoms with Crippen LogP contribution >= 0.6 is 11.6 Å². The van der Waals surface area contributed by atoms with E-state index in [1.165, 1.54) is 6.20 Å². The lowest BCUT2D eigenvalue weighted by Gasteiger charge is -1.98. The smallest absolute Gasteiger partial charge is 0.236 e. The van der Waals surface area contributed by atoms with Crippen LogP contribution in [0.25, 0.3) is 5.82 Å². The number of rotatable bonds is 1. The van der Waals surface area contributed by atoms with Crippen molar-refractivity contribution in [1.29, 1.82) is 0 Å². The molecule has 0 aromatic carbocycles. The van der Waals surface area contributed by atoms with Crippen molar-refractivity contribution < 1.29 is 4.39 Å². The van der Waals surface area contributed by atoms with Crippen LogP contribution < -0.4 is 0 Å². The average molecular weight is 198 g/mol. The molecule has 2 heterocycles. The molecule has 2 aromatic rings. The zero-order valence-electron chi connectivity index (χ0n) is 6.48. The Balaban J connectivity index is 2.53. The summed E-state index contributed by atoms with van der Waals surface area (Å²) in [6.45, 7) is 0. The zero-order chi connectivity index (χ0) is 9.26. The fraction of sp³-hybridized carbons (Fsp3) is 0. The molecule has 0 atom stereocenters. The molecular weight excluding hydrogens is 193 g/mol. The van der Waals surface area contributed by atoms with E-state index >= 15 is 0 Å². The van der Waals surface area contributed by atoms with Crippen LogP contribution in [0, 0.1) is 5.95 Å². The zero-order valence-corrected chi connectivity index (χ0v) is 7.24. The van der Waals surface area contributed by atoms with Crippen LogP contribution in [-0.2, 0) is 0 Å². The summed E-state index contributed by atoms with van der Waals surface area (Å²) in [5.74, 6) is -0.188. The highest BCUT2D eigenvalue weighted by molar-refractivity contribution is 6.30. The molecule has 0 fully saturated rings. The van der Waals surface area contributed by atoms with Gasteiger partial charge in [0.05, 0.1) is 6.20 Å². The lowest BCUT2D eigenvalue weighted by atomic mass is 10.5. The Kier molecular flexibility index (Phi) is 1.98. The molecule has 3 nitrogen and oxygen atoms in total. The van der Waals surface area contributed by atoms with Crippen LogP contribution in [-0.4, -0.2) is 14.8 Å². The monoisotopic (exact) mass is 197 g/mol. The molecule has 5 heteroatoms. The minimum Gasteiger partial charge on any atom is -0.237 e. The average Bonchev–Trinajstić information content (AvgIpc) is 2.49. The van der Waals surface area contributed by atoms with Crippen molar-refractivity contribution >= 4 is 11.6 Å². The summed E-state index contributed by atoms with van der Waals surface area (Å²) in [7, 11) is 0. The molecule has 0 amide bonds. The van der Waals surface area contributed by atoms with E-state index < -0.39 is 5.95 Å². The summed E-state index contributed by atoms with van der Waals surface area (Å²) in [5.41, 5.74) is 0. The third-order valence-corrected chi connectivity index (χ3v) is 1.79. The molecule has 0 aliphatic heterocycles. The maximum atomic E-state index is 13.2. The highest BCUT2D eigenvalue weighted by Gasteiger charge is 2.09. The first-order chi connectivity index (χ1) is 6.29. The molecule has 0 bridgehead atoms. The second-order valence-corrected chi connectivity index (χ2v) is 2.79. The van der Waals surface area contributed by atoms with Crippen LogP contribution in [0.3, 0.4) is 0 Å². The quantitative estimate of drug-likeness (QED) is 0.701. The lowest BCUT2D eigenvalue weighted by Crippen LogP contribution is -2.01. The second kappa shape index (κ2) is 3.14. The fourth-order valence-corrected chi connectivity index (χ4v) is 1.08. The molecule has 2 aromatic heterocycles. The van der Waals surface area contributed by atoms with Gasteiger partial charge in [0, 0.05) is 6.20 Å². The Morgan fingerprint density at radius 2 is 2.23 bits per heavy atom. The molecule has 0 saturated heterocycles. The van der Waals surface area contributed by atoms with E-state index in [2.05, 4.69) is 10.1 Å². The van der Waals surface area contributed by atoms with Gasteiger partial charge in [-0.1, -0.05) is 17.7 Å². The topological polar surface area (TPSA) is 30.7 Å². The van der Waals surface area contributed by atoms with Gasteiger partial charge in [-0.25, -0.2) is 4.98 Å². The molecule has 0 saturated carbocycles. The van der Waals surface area contributed by atoms with Gasteiger partial charge in [-0.05, 0) is 12.1 Å². The van der Waals surface area contributed by atoms with Crippen molar-refractivity contribution in [2.24, 2.45) is 0 Å². The molecule has 0 spiro atoms. The summed E-state index contributed by atoms with van der Waals surface area (Å²) in [4.78, 5) is 3.92. The molecule has 0 N–H and O–H groups in total. The Hall–Kier alpha value is -1.42. The first kappa shape index (κ1) is 8.19.